The fraction of sp³-hybridized carbons (Fsp3) is 0.0667. The number of phenols is 3. The van der Waals surface area contributed by atoms with E-state index in [1.165, 1.54) is 19.2 Å². The van der Waals surface area contributed by atoms with E-state index in [1.807, 2.05) is 0 Å². The molecule has 0 spiro atoms. The van der Waals surface area contributed by atoms with Crippen LogP contribution < -0.4 is 4.74 Å². The fourth-order valence-corrected chi connectivity index (χ4v) is 1.70. The summed E-state index contributed by atoms with van der Waals surface area (Å²) in [4.78, 5) is 0. The molecule has 0 aromatic heterocycles. The molecule has 0 aliphatic rings. The zero-order chi connectivity index (χ0) is 13.8. The lowest BCUT2D eigenvalue weighted by atomic mass is 10.1. The van der Waals surface area contributed by atoms with E-state index in [9.17, 15) is 10.2 Å². The molecule has 19 heavy (non-hydrogen) atoms. The molecule has 0 bridgehead atoms. The number of rotatable bonds is 3. The standard InChI is InChI=1S/C15H14O4/c1-19-15-13(17)8-11(9-14(15)18)3-2-10-4-6-12(16)7-5-10/h2-9,16-18H,1H3. The summed E-state index contributed by atoms with van der Waals surface area (Å²) in [6.45, 7) is 0. The van der Waals surface area contributed by atoms with E-state index in [0.717, 1.165) is 5.56 Å². The Morgan fingerprint density at radius 1 is 0.842 bits per heavy atom. The van der Waals surface area contributed by atoms with Crippen molar-refractivity contribution in [3.05, 3.63) is 47.5 Å². The molecule has 0 fully saturated rings. The Balaban J connectivity index is 2.26. The van der Waals surface area contributed by atoms with Gasteiger partial charge in [0, 0.05) is 0 Å². The molecule has 98 valence electrons. The summed E-state index contributed by atoms with van der Waals surface area (Å²) in [7, 11) is 1.38. The largest absolute Gasteiger partial charge is 0.508 e. The third kappa shape index (κ3) is 2.98. The normalized spacial score (nSPS) is 10.8. The molecule has 0 aliphatic heterocycles. The van der Waals surface area contributed by atoms with Crippen LogP contribution in [0.2, 0.25) is 0 Å². The van der Waals surface area contributed by atoms with Gasteiger partial charge in [0.05, 0.1) is 7.11 Å². The van der Waals surface area contributed by atoms with E-state index in [0.29, 0.717) is 5.56 Å². The van der Waals surface area contributed by atoms with Crippen molar-refractivity contribution in [3.63, 3.8) is 0 Å². The predicted octanol–water partition coefficient (Wildman–Crippen LogP) is 2.98. The Bertz CT molecular complexity index is 577. The van der Waals surface area contributed by atoms with Gasteiger partial charge in [0.25, 0.3) is 0 Å². The molecule has 0 aliphatic carbocycles. The van der Waals surface area contributed by atoms with Crippen LogP contribution in [0.1, 0.15) is 11.1 Å². The maximum Gasteiger partial charge on any atom is 0.202 e. The van der Waals surface area contributed by atoms with Crippen molar-refractivity contribution in [1.29, 1.82) is 0 Å². The lowest BCUT2D eigenvalue weighted by Gasteiger charge is -2.06. The molecule has 0 unspecified atom stereocenters. The van der Waals surface area contributed by atoms with E-state index in [-0.39, 0.29) is 23.0 Å². The lowest BCUT2D eigenvalue weighted by molar-refractivity contribution is 0.344. The summed E-state index contributed by atoms with van der Waals surface area (Å²) in [6.07, 6.45) is 3.55. The van der Waals surface area contributed by atoms with Gasteiger partial charge < -0.3 is 20.1 Å². The topological polar surface area (TPSA) is 69.9 Å². The first kappa shape index (κ1) is 12.8. The molecule has 0 saturated heterocycles. The molecule has 2 rings (SSSR count). The first-order valence-electron chi connectivity index (χ1n) is 5.67. The van der Waals surface area contributed by atoms with Crippen LogP contribution in [0.5, 0.6) is 23.0 Å². The second-order valence-electron chi connectivity index (χ2n) is 4.02. The lowest BCUT2D eigenvalue weighted by Crippen LogP contribution is -1.85. The number of hydrogen-bond acceptors (Lipinski definition) is 4. The predicted molar refractivity (Wildman–Crippen MR) is 73.4 cm³/mol. The second kappa shape index (κ2) is 5.35. The molecule has 0 amide bonds. The molecule has 0 radical (unpaired) electrons. The highest BCUT2D eigenvalue weighted by Gasteiger charge is 2.08. The number of hydrogen-bond donors (Lipinski definition) is 3. The van der Waals surface area contributed by atoms with E-state index in [1.54, 1.807) is 36.4 Å². The Morgan fingerprint density at radius 3 is 1.89 bits per heavy atom. The fourth-order valence-electron chi connectivity index (χ4n) is 1.70. The van der Waals surface area contributed by atoms with Gasteiger partial charge in [0.1, 0.15) is 5.75 Å². The van der Waals surface area contributed by atoms with Crippen LogP contribution in [0.3, 0.4) is 0 Å². The van der Waals surface area contributed by atoms with Crippen molar-refractivity contribution in [2.75, 3.05) is 7.11 Å². The minimum atomic E-state index is -0.118. The van der Waals surface area contributed by atoms with Gasteiger partial charge in [-0.25, -0.2) is 0 Å². The Morgan fingerprint density at radius 2 is 1.37 bits per heavy atom. The Kier molecular flexibility index (Phi) is 3.61. The molecule has 3 N–H and O–H groups in total. The highest BCUT2D eigenvalue weighted by atomic mass is 16.5. The van der Waals surface area contributed by atoms with Gasteiger partial charge in [0.2, 0.25) is 5.75 Å². The third-order valence-electron chi connectivity index (χ3n) is 2.64. The Labute approximate surface area is 110 Å². The molecule has 4 nitrogen and oxygen atoms in total. The molecular weight excluding hydrogens is 244 g/mol. The van der Waals surface area contributed by atoms with Crippen LogP contribution in [-0.4, -0.2) is 22.4 Å². The number of ether oxygens (including phenoxy) is 1. The number of benzene rings is 2. The summed E-state index contributed by atoms with van der Waals surface area (Å²) >= 11 is 0. The van der Waals surface area contributed by atoms with Gasteiger partial charge in [-0.15, -0.1) is 0 Å². The van der Waals surface area contributed by atoms with Crippen molar-refractivity contribution in [2.45, 2.75) is 0 Å². The van der Waals surface area contributed by atoms with Crippen molar-refractivity contribution < 1.29 is 20.1 Å². The molecular formula is C15H14O4. The molecule has 2 aromatic carbocycles. The summed E-state index contributed by atoms with van der Waals surface area (Å²) < 4.78 is 4.85. The van der Waals surface area contributed by atoms with Crippen LogP contribution >= 0.6 is 0 Å². The van der Waals surface area contributed by atoms with Crippen LogP contribution in [0.15, 0.2) is 36.4 Å². The zero-order valence-electron chi connectivity index (χ0n) is 10.4. The van der Waals surface area contributed by atoms with Gasteiger partial charge in [0.15, 0.2) is 11.5 Å². The highest BCUT2D eigenvalue weighted by molar-refractivity contribution is 5.72. The average Bonchev–Trinajstić information content (AvgIpc) is 2.38. The van der Waals surface area contributed by atoms with Crippen molar-refractivity contribution in [1.82, 2.24) is 0 Å². The summed E-state index contributed by atoms with van der Waals surface area (Å²) in [5, 5.41) is 28.5. The van der Waals surface area contributed by atoms with Crippen LogP contribution in [-0.2, 0) is 0 Å². The zero-order valence-corrected chi connectivity index (χ0v) is 10.4. The van der Waals surface area contributed by atoms with Crippen molar-refractivity contribution >= 4 is 12.2 Å². The molecule has 0 atom stereocenters. The maximum atomic E-state index is 9.65. The van der Waals surface area contributed by atoms with Gasteiger partial charge in [-0.05, 0) is 35.4 Å². The highest BCUT2D eigenvalue weighted by Crippen LogP contribution is 2.36. The van der Waals surface area contributed by atoms with E-state index < -0.39 is 0 Å². The second-order valence-corrected chi connectivity index (χ2v) is 4.02. The summed E-state index contributed by atoms with van der Waals surface area (Å²) in [5.41, 5.74) is 1.54. The smallest absolute Gasteiger partial charge is 0.202 e. The van der Waals surface area contributed by atoms with E-state index in [4.69, 9.17) is 9.84 Å². The van der Waals surface area contributed by atoms with Crippen molar-refractivity contribution in [3.8, 4) is 23.0 Å². The first-order valence-corrected chi connectivity index (χ1v) is 5.67. The number of methoxy groups -OCH3 is 1. The SMILES string of the molecule is COc1c(O)cc(C=Cc2ccc(O)cc2)cc1O. The van der Waals surface area contributed by atoms with Crippen molar-refractivity contribution in [2.24, 2.45) is 0 Å². The van der Waals surface area contributed by atoms with Gasteiger partial charge in [-0.1, -0.05) is 24.3 Å². The van der Waals surface area contributed by atoms with Gasteiger partial charge >= 0.3 is 0 Å². The maximum absolute atomic E-state index is 9.65. The quantitative estimate of drug-likeness (QED) is 0.740. The van der Waals surface area contributed by atoms with E-state index >= 15 is 0 Å². The third-order valence-corrected chi connectivity index (χ3v) is 2.64. The van der Waals surface area contributed by atoms with Gasteiger partial charge in [-0.3, -0.25) is 0 Å². The molecule has 4 heteroatoms. The average molecular weight is 258 g/mol. The summed E-state index contributed by atoms with van der Waals surface area (Å²) in [5.74, 6) is 0.0272. The minimum Gasteiger partial charge on any atom is -0.508 e. The molecule has 2 aromatic rings. The van der Waals surface area contributed by atoms with Crippen LogP contribution in [0.4, 0.5) is 0 Å². The van der Waals surface area contributed by atoms with E-state index in [2.05, 4.69) is 0 Å². The van der Waals surface area contributed by atoms with Crippen LogP contribution in [0, 0.1) is 0 Å². The number of phenolic OH excluding ortho intramolecular Hbond substituents is 3. The number of aromatic hydroxyl groups is 3. The van der Waals surface area contributed by atoms with Gasteiger partial charge in [-0.2, -0.15) is 0 Å². The minimum absolute atomic E-state index is 0.0572. The monoisotopic (exact) mass is 258 g/mol. The van der Waals surface area contributed by atoms with Crippen LogP contribution in [0.25, 0.3) is 12.2 Å². The molecule has 0 heterocycles. The first-order chi connectivity index (χ1) is 9.10. The Hall–Kier alpha value is -2.62. The molecule has 0 saturated carbocycles. The summed E-state index contributed by atoms with van der Waals surface area (Å²) in [6, 6.07) is 9.68.